The second kappa shape index (κ2) is 5.04. The van der Waals surface area contributed by atoms with Gasteiger partial charge in [0, 0.05) is 5.88 Å². The molecular formula is C10H13ClO. The summed E-state index contributed by atoms with van der Waals surface area (Å²) in [5.41, 5.74) is 1.22. The van der Waals surface area contributed by atoms with Crippen LogP contribution in [0.4, 0.5) is 0 Å². The second-order valence-corrected chi connectivity index (χ2v) is 3.09. The third kappa shape index (κ3) is 3.14. The largest absolute Gasteiger partial charge is 0.494 e. The van der Waals surface area contributed by atoms with Gasteiger partial charge >= 0.3 is 0 Å². The molecule has 1 nitrogen and oxygen atoms in total. The molecule has 0 saturated heterocycles. The summed E-state index contributed by atoms with van der Waals surface area (Å²) in [5.74, 6) is 1.59. The third-order valence-corrected chi connectivity index (χ3v) is 1.80. The SMILES string of the molecule is Cc1cccc(OCCCCl)c1. The molecule has 0 radical (unpaired) electrons. The Morgan fingerprint density at radius 1 is 1.42 bits per heavy atom. The van der Waals surface area contributed by atoms with E-state index in [1.54, 1.807) is 0 Å². The fourth-order valence-electron chi connectivity index (χ4n) is 0.950. The molecule has 0 aromatic heterocycles. The Morgan fingerprint density at radius 3 is 2.92 bits per heavy atom. The first-order chi connectivity index (χ1) is 5.83. The van der Waals surface area contributed by atoms with Crippen LogP contribution in [-0.2, 0) is 0 Å². The van der Waals surface area contributed by atoms with Gasteiger partial charge in [0.1, 0.15) is 5.75 Å². The lowest BCUT2D eigenvalue weighted by Gasteiger charge is -2.04. The minimum Gasteiger partial charge on any atom is -0.494 e. The molecule has 1 aromatic carbocycles. The van der Waals surface area contributed by atoms with Crippen LogP contribution in [0.3, 0.4) is 0 Å². The Hall–Kier alpha value is -0.690. The van der Waals surface area contributed by atoms with Gasteiger partial charge in [-0.2, -0.15) is 0 Å². The van der Waals surface area contributed by atoms with Crippen molar-refractivity contribution in [3.8, 4) is 5.75 Å². The number of benzene rings is 1. The van der Waals surface area contributed by atoms with Crippen molar-refractivity contribution < 1.29 is 4.74 Å². The lowest BCUT2D eigenvalue weighted by atomic mass is 10.2. The van der Waals surface area contributed by atoms with Gasteiger partial charge < -0.3 is 4.74 Å². The standard InChI is InChI=1S/C10H13ClO/c1-9-4-2-5-10(8-9)12-7-3-6-11/h2,4-5,8H,3,6-7H2,1H3. The van der Waals surface area contributed by atoms with E-state index in [1.807, 2.05) is 18.2 Å². The topological polar surface area (TPSA) is 9.23 Å². The predicted molar refractivity (Wildman–Crippen MR) is 52.0 cm³/mol. The second-order valence-electron chi connectivity index (χ2n) is 2.71. The maximum absolute atomic E-state index is 5.52. The number of hydrogen-bond acceptors (Lipinski definition) is 1. The van der Waals surface area contributed by atoms with Gasteiger partial charge in [-0.25, -0.2) is 0 Å². The van der Waals surface area contributed by atoms with Crippen molar-refractivity contribution in [1.82, 2.24) is 0 Å². The van der Waals surface area contributed by atoms with Crippen LogP contribution in [-0.4, -0.2) is 12.5 Å². The summed E-state index contributed by atoms with van der Waals surface area (Å²) in [4.78, 5) is 0. The van der Waals surface area contributed by atoms with E-state index >= 15 is 0 Å². The van der Waals surface area contributed by atoms with Gasteiger partial charge in [0.15, 0.2) is 0 Å². The Morgan fingerprint density at radius 2 is 2.25 bits per heavy atom. The summed E-state index contributed by atoms with van der Waals surface area (Å²) >= 11 is 5.52. The summed E-state index contributed by atoms with van der Waals surface area (Å²) in [7, 11) is 0. The first-order valence-corrected chi connectivity index (χ1v) is 4.62. The molecule has 0 saturated carbocycles. The van der Waals surface area contributed by atoms with E-state index in [0.717, 1.165) is 12.2 Å². The number of halogens is 1. The number of rotatable bonds is 4. The van der Waals surface area contributed by atoms with Gasteiger partial charge in [-0.05, 0) is 31.0 Å². The number of alkyl halides is 1. The molecule has 0 unspecified atom stereocenters. The van der Waals surface area contributed by atoms with E-state index in [0.29, 0.717) is 12.5 Å². The van der Waals surface area contributed by atoms with Crippen molar-refractivity contribution in [2.45, 2.75) is 13.3 Å². The average Bonchev–Trinajstić information content (AvgIpc) is 2.05. The summed E-state index contributed by atoms with van der Waals surface area (Å²) in [6, 6.07) is 8.02. The van der Waals surface area contributed by atoms with E-state index in [2.05, 4.69) is 13.0 Å². The first kappa shape index (κ1) is 9.40. The molecule has 0 heterocycles. The summed E-state index contributed by atoms with van der Waals surface area (Å²) in [6.07, 6.45) is 0.898. The van der Waals surface area contributed by atoms with E-state index in [-0.39, 0.29) is 0 Å². The lowest BCUT2D eigenvalue weighted by molar-refractivity contribution is 0.318. The van der Waals surface area contributed by atoms with Crippen molar-refractivity contribution in [1.29, 1.82) is 0 Å². The molecule has 0 aliphatic heterocycles. The molecule has 66 valence electrons. The van der Waals surface area contributed by atoms with Crippen LogP contribution in [0.25, 0.3) is 0 Å². The zero-order valence-electron chi connectivity index (χ0n) is 7.22. The Kier molecular flexibility index (Phi) is 3.95. The molecule has 0 aliphatic carbocycles. The predicted octanol–water partition coefficient (Wildman–Crippen LogP) is 3.00. The number of ether oxygens (including phenoxy) is 1. The van der Waals surface area contributed by atoms with Gasteiger partial charge in [-0.3, -0.25) is 0 Å². The quantitative estimate of drug-likeness (QED) is 0.517. The van der Waals surface area contributed by atoms with Gasteiger partial charge in [0.25, 0.3) is 0 Å². The van der Waals surface area contributed by atoms with Crippen LogP contribution >= 0.6 is 11.6 Å². The summed E-state index contributed by atoms with van der Waals surface area (Å²) in [5, 5.41) is 0. The van der Waals surface area contributed by atoms with Gasteiger partial charge in [0.2, 0.25) is 0 Å². The molecule has 0 N–H and O–H groups in total. The van der Waals surface area contributed by atoms with Crippen LogP contribution < -0.4 is 4.74 Å². The highest BCUT2D eigenvalue weighted by Gasteiger charge is 1.92. The van der Waals surface area contributed by atoms with Gasteiger partial charge in [-0.15, -0.1) is 11.6 Å². The fourth-order valence-corrected chi connectivity index (χ4v) is 1.06. The minimum absolute atomic E-state index is 0.659. The fraction of sp³-hybridized carbons (Fsp3) is 0.400. The van der Waals surface area contributed by atoms with Crippen molar-refractivity contribution in [2.24, 2.45) is 0 Å². The highest BCUT2D eigenvalue weighted by atomic mass is 35.5. The molecule has 0 amide bonds. The lowest BCUT2D eigenvalue weighted by Crippen LogP contribution is -1.97. The summed E-state index contributed by atoms with van der Waals surface area (Å²) < 4.78 is 5.44. The van der Waals surface area contributed by atoms with Crippen molar-refractivity contribution >= 4 is 11.6 Å². The maximum Gasteiger partial charge on any atom is 0.119 e. The van der Waals surface area contributed by atoms with E-state index in [1.165, 1.54) is 5.56 Å². The van der Waals surface area contributed by atoms with Gasteiger partial charge in [-0.1, -0.05) is 12.1 Å². The Bertz CT molecular complexity index is 235. The van der Waals surface area contributed by atoms with Crippen LogP contribution in [0.5, 0.6) is 5.75 Å². The van der Waals surface area contributed by atoms with E-state index in [9.17, 15) is 0 Å². The normalized spacial score (nSPS) is 9.83. The molecule has 1 aromatic rings. The molecule has 0 atom stereocenters. The highest BCUT2D eigenvalue weighted by molar-refractivity contribution is 6.17. The summed E-state index contributed by atoms with van der Waals surface area (Å²) in [6.45, 7) is 2.75. The Labute approximate surface area is 78.3 Å². The first-order valence-electron chi connectivity index (χ1n) is 4.08. The Balaban J connectivity index is 2.41. The molecule has 1 rings (SSSR count). The van der Waals surface area contributed by atoms with Crippen LogP contribution in [0.2, 0.25) is 0 Å². The maximum atomic E-state index is 5.52. The monoisotopic (exact) mass is 184 g/mol. The average molecular weight is 185 g/mol. The van der Waals surface area contributed by atoms with Crippen LogP contribution in [0.1, 0.15) is 12.0 Å². The highest BCUT2D eigenvalue weighted by Crippen LogP contribution is 2.12. The molecule has 0 aliphatic rings. The smallest absolute Gasteiger partial charge is 0.119 e. The molecule has 2 heteroatoms. The van der Waals surface area contributed by atoms with Crippen molar-refractivity contribution in [3.63, 3.8) is 0 Å². The molecule has 12 heavy (non-hydrogen) atoms. The molecule has 0 fully saturated rings. The number of aryl methyl sites for hydroxylation is 1. The van der Waals surface area contributed by atoms with E-state index in [4.69, 9.17) is 16.3 Å². The van der Waals surface area contributed by atoms with Crippen LogP contribution in [0, 0.1) is 6.92 Å². The van der Waals surface area contributed by atoms with Crippen LogP contribution in [0.15, 0.2) is 24.3 Å². The molecule has 0 bridgehead atoms. The number of hydrogen-bond donors (Lipinski definition) is 0. The van der Waals surface area contributed by atoms with Crippen molar-refractivity contribution in [3.05, 3.63) is 29.8 Å². The zero-order valence-corrected chi connectivity index (χ0v) is 7.97. The molecular weight excluding hydrogens is 172 g/mol. The minimum atomic E-state index is 0.659. The zero-order chi connectivity index (χ0) is 8.81. The third-order valence-electron chi connectivity index (χ3n) is 1.54. The molecule has 0 spiro atoms. The van der Waals surface area contributed by atoms with E-state index < -0.39 is 0 Å². The van der Waals surface area contributed by atoms with Gasteiger partial charge in [0.05, 0.1) is 6.61 Å². The van der Waals surface area contributed by atoms with Crippen molar-refractivity contribution in [2.75, 3.05) is 12.5 Å².